The number of rotatable bonds is 3. The monoisotopic (exact) mass is 442 g/mol. The number of alkyl carbamates (subject to hydrolysis) is 1. The highest BCUT2D eigenvalue weighted by molar-refractivity contribution is 5.70. The SMILES string of the molecule is CC1(C)COc2cc(-c3cccc(F)c3F)ccc2C1NC(=O)O[C@@H]1CN2CCC1CC2. The molecule has 4 heterocycles. The van der Waals surface area contributed by atoms with Crippen LogP contribution in [0.25, 0.3) is 11.1 Å². The van der Waals surface area contributed by atoms with Crippen LogP contribution >= 0.6 is 0 Å². The minimum absolute atomic E-state index is 0.0711. The van der Waals surface area contributed by atoms with Gasteiger partial charge in [-0.15, -0.1) is 0 Å². The maximum absolute atomic E-state index is 14.3. The molecule has 1 N–H and O–H groups in total. The van der Waals surface area contributed by atoms with Gasteiger partial charge in [-0.2, -0.15) is 0 Å². The van der Waals surface area contributed by atoms with Gasteiger partial charge in [0.1, 0.15) is 11.9 Å². The first-order valence-electron chi connectivity index (χ1n) is 11.2. The summed E-state index contributed by atoms with van der Waals surface area (Å²) in [4.78, 5) is 15.2. The Morgan fingerprint density at radius 2 is 1.97 bits per heavy atom. The number of carbonyl (C=O) groups is 1. The molecule has 2 aromatic carbocycles. The molecule has 3 fully saturated rings. The van der Waals surface area contributed by atoms with Gasteiger partial charge in [-0.1, -0.05) is 38.1 Å². The second-order valence-corrected chi connectivity index (χ2v) is 9.79. The molecule has 4 aliphatic rings. The van der Waals surface area contributed by atoms with Gasteiger partial charge in [-0.25, -0.2) is 13.6 Å². The van der Waals surface area contributed by atoms with Crippen LogP contribution in [0, 0.1) is 23.0 Å². The van der Waals surface area contributed by atoms with Crippen molar-refractivity contribution in [2.24, 2.45) is 11.3 Å². The first-order chi connectivity index (χ1) is 15.3. The van der Waals surface area contributed by atoms with Gasteiger partial charge >= 0.3 is 6.09 Å². The fourth-order valence-corrected chi connectivity index (χ4v) is 5.17. The molecule has 0 saturated carbocycles. The number of piperidine rings is 3. The number of carbonyl (C=O) groups excluding carboxylic acids is 1. The normalized spacial score (nSPS) is 27.9. The first kappa shape index (κ1) is 21.2. The highest BCUT2D eigenvalue weighted by Crippen LogP contribution is 2.44. The van der Waals surface area contributed by atoms with Crippen LogP contribution in [0.15, 0.2) is 36.4 Å². The Bertz CT molecular complexity index is 1030. The topological polar surface area (TPSA) is 50.8 Å². The summed E-state index contributed by atoms with van der Waals surface area (Å²) in [5, 5.41) is 3.06. The fraction of sp³-hybridized carbons (Fsp3) is 0.480. The summed E-state index contributed by atoms with van der Waals surface area (Å²) in [6.45, 7) is 7.39. The summed E-state index contributed by atoms with van der Waals surface area (Å²) < 4.78 is 39.8. The lowest BCUT2D eigenvalue weighted by Gasteiger charge is -2.44. The number of nitrogens with zero attached hydrogens (tertiary/aromatic N) is 1. The molecule has 0 aliphatic carbocycles. The summed E-state index contributed by atoms with van der Waals surface area (Å²) in [6, 6.07) is 9.03. The van der Waals surface area contributed by atoms with Crippen LogP contribution < -0.4 is 10.1 Å². The summed E-state index contributed by atoms with van der Waals surface area (Å²) in [6.07, 6.45) is 1.65. The third kappa shape index (κ3) is 3.83. The van der Waals surface area contributed by atoms with E-state index < -0.39 is 17.7 Å². The Morgan fingerprint density at radius 3 is 2.69 bits per heavy atom. The van der Waals surface area contributed by atoms with Crippen molar-refractivity contribution in [2.45, 2.75) is 38.8 Å². The van der Waals surface area contributed by atoms with Gasteiger partial charge in [-0.3, -0.25) is 4.90 Å². The molecule has 6 rings (SSSR count). The van der Waals surface area contributed by atoms with Gasteiger partial charge in [0.25, 0.3) is 0 Å². The van der Waals surface area contributed by atoms with Crippen molar-refractivity contribution in [1.82, 2.24) is 10.2 Å². The lowest BCUT2D eigenvalue weighted by molar-refractivity contribution is -0.0361. The Labute approximate surface area is 186 Å². The molecular formula is C25H28F2N2O3. The number of fused-ring (bicyclic) bond motifs is 4. The molecule has 1 amide bonds. The summed E-state index contributed by atoms with van der Waals surface area (Å²) >= 11 is 0. The van der Waals surface area contributed by atoms with Crippen molar-refractivity contribution in [3.05, 3.63) is 53.6 Å². The number of nitrogens with one attached hydrogen (secondary N) is 1. The van der Waals surface area contributed by atoms with E-state index >= 15 is 0 Å². The van der Waals surface area contributed by atoms with Gasteiger partial charge in [0.15, 0.2) is 11.6 Å². The molecule has 2 aromatic rings. The molecule has 2 bridgehead atoms. The Balaban J connectivity index is 1.37. The van der Waals surface area contributed by atoms with Gasteiger partial charge in [0.05, 0.1) is 12.6 Å². The van der Waals surface area contributed by atoms with Crippen LogP contribution in [0.5, 0.6) is 5.75 Å². The lowest BCUT2D eigenvalue weighted by Crippen LogP contribution is -2.53. The van der Waals surface area contributed by atoms with E-state index in [1.165, 1.54) is 12.1 Å². The minimum Gasteiger partial charge on any atom is -0.493 e. The predicted molar refractivity (Wildman–Crippen MR) is 116 cm³/mol. The largest absolute Gasteiger partial charge is 0.493 e. The maximum Gasteiger partial charge on any atom is 0.407 e. The van der Waals surface area contributed by atoms with Gasteiger partial charge < -0.3 is 14.8 Å². The van der Waals surface area contributed by atoms with Crippen molar-refractivity contribution < 1.29 is 23.0 Å². The molecule has 1 unspecified atom stereocenters. The van der Waals surface area contributed by atoms with E-state index in [-0.39, 0.29) is 23.1 Å². The molecular weight excluding hydrogens is 414 g/mol. The molecule has 0 aromatic heterocycles. The van der Waals surface area contributed by atoms with Crippen LogP contribution in [0.4, 0.5) is 13.6 Å². The van der Waals surface area contributed by atoms with Crippen LogP contribution in [0.3, 0.4) is 0 Å². The zero-order valence-electron chi connectivity index (χ0n) is 18.4. The maximum atomic E-state index is 14.3. The lowest BCUT2D eigenvalue weighted by atomic mass is 9.78. The molecule has 5 nitrogen and oxygen atoms in total. The van der Waals surface area contributed by atoms with Crippen LogP contribution in [0.2, 0.25) is 0 Å². The highest BCUT2D eigenvalue weighted by atomic mass is 19.2. The zero-order chi connectivity index (χ0) is 22.5. The van der Waals surface area contributed by atoms with E-state index in [0.29, 0.717) is 23.8 Å². The number of ether oxygens (including phenoxy) is 2. The van der Waals surface area contributed by atoms with E-state index in [0.717, 1.165) is 44.1 Å². The second kappa shape index (κ2) is 8.03. The standard InChI is InChI=1S/C25H28F2N2O3/c1-25(2)14-31-20-12-16(17-4-3-5-19(26)22(17)27)6-7-18(20)23(25)28-24(30)32-21-13-29-10-8-15(21)9-11-29/h3-7,12,15,21,23H,8-11,13-14H2,1-2H3,(H,28,30)/t21-,23?/m1/s1. The van der Waals surface area contributed by atoms with Crippen molar-refractivity contribution in [2.75, 3.05) is 26.2 Å². The fourth-order valence-electron chi connectivity index (χ4n) is 5.17. The molecule has 2 atom stereocenters. The van der Waals surface area contributed by atoms with Gasteiger partial charge in [-0.05, 0) is 49.5 Å². The van der Waals surface area contributed by atoms with Crippen LogP contribution in [0.1, 0.15) is 38.3 Å². The zero-order valence-corrected chi connectivity index (χ0v) is 18.4. The van der Waals surface area contributed by atoms with E-state index in [1.807, 2.05) is 19.9 Å². The average Bonchev–Trinajstić information content (AvgIpc) is 2.78. The summed E-state index contributed by atoms with van der Waals surface area (Å²) in [5.74, 6) is -0.792. The van der Waals surface area contributed by atoms with Crippen molar-refractivity contribution in [3.63, 3.8) is 0 Å². The van der Waals surface area contributed by atoms with Crippen molar-refractivity contribution >= 4 is 6.09 Å². The van der Waals surface area contributed by atoms with E-state index in [2.05, 4.69) is 10.2 Å². The van der Waals surface area contributed by atoms with Crippen molar-refractivity contribution in [1.29, 1.82) is 0 Å². The highest BCUT2D eigenvalue weighted by Gasteiger charge is 2.41. The molecule has 170 valence electrons. The number of hydrogen-bond donors (Lipinski definition) is 1. The van der Waals surface area contributed by atoms with E-state index in [4.69, 9.17) is 9.47 Å². The van der Waals surface area contributed by atoms with Crippen LogP contribution in [-0.2, 0) is 4.74 Å². The molecule has 32 heavy (non-hydrogen) atoms. The predicted octanol–water partition coefficient (Wildman–Crippen LogP) is 4.91. The number of halogens is 2. The molecule has 0 radical (unpaired) electrons. The summed E-state index contributed by atoms with van der Waals surface area (Å²) in [5.41, 5.74) is 1.13. The summed E-state index contributed by atoms with van der Waals surface area (Å²) in [7, 11) is 0. The third-order valence-corrected chi connectivity index (χ3v) is 7.09. The molecule has 4 aliphatic heterocycles. The average molecular weight is 443 g/mol. The van der Waals surface area contributed by atoms with E-state index in [1.54, 1.807) is 12.1 Å². The van der Waals surface area contributed by atoms with E-state index in [9.17, 15) is 13.6 Å². The van der Waals surface area contributed by atoms with Gasteiger partial charge in [0, 0.05) is 23.1 Å². The Kier molecular flexibility index (Phi) is 5.32. The first-order valence-corrected chi connectivity index (χ1v) is 11.2. The number of hydrogen-bond acceptors (Lipinski definition) is 4. The van der Waals surface area contributed by atoms with Crippen LogP contribution in [-0.4, -0.2) is 43.3 Å². The molecule has 7 heteroatoms. The number of benzene rings is 2. The number of amides is 1. The Hall–Kier alpha value is -2.67. The smallest absolute Gasteiger partial charge is 0.407 e. The molecule has 3 saturated heterocycles. The third-order valence-electron chi connectivity index (χ3n) is 7.09. The quantitative estimate of drug-likeness (QED) is 0.734. The van der Waals surface area contributed by atoms with Gasteiger partial charge in [0.2, 0.25) is 0 Å². The molecule has 0 spiro atoms. The van der Waals surface area contributed by atoms with Crippen molar-refractivity contribution in [3.8, 4) is 16.9 Å². The Morgan fingerprint density at radius 1 is 1.19 bits per heavy atom. The minimum atomic E-state index is -0.891. The second-order valence-electron chi connectivity index (χ2n) is 9.79.